The van der Waals surface area contributed by atoms with Gasteiger partial charge in [-0.2, -0.15) is 0 Å². The van der Waals surface area contributed by atoms with Crippen LogP contribution in [0.25, 0.3) is 10.8 Å². The summed E-state index contributed by atoms with van der Waals surface area (Å²) in [5, 5.41) is 7.99. The van der Waals surface area contributed by atoms with Crippen LogP contribution in [-0.4, -0.2) is 19.7 Å². The number of hydrogen-bond donors (Lipinski definition) is 2. The summed E-state index contributed by atoms with van der Waals surface area (Å²) in [5.41, 5.74) is 1.08. The van der Waals surface area contributed by atoms with E-state index in [4.69, 9.17) is 9.15 Å². The number of ether oxygens (including phenoxy) is 1. The van der Waals surface area contributed by atoms with Crippen LogP contribution in [0, 0.1) is 0 Å². The van der Waals surface area contributed by atoms with Gasteiger partial charge in [0.05, 0.1) is 12.8 Å². The Bertz CT molecular complexity index is 794. The molecule has 5 heteroatoms. The first-order chi connectivity index (χ1) is 11.8. The van der Waals surface area contributed by atoms with Crippen LogP contribution >= 0.6 is 0 Å². The molecule has 0 saturated heterocycles. The van der Waals surface area contributed by atoms with Crippen LogP contribution in [0.5, 0.6) is 0 Å². The average molecular weight is 324 g/mol. The van der Waals surface area contributed by atoms with Crippen molar-refractivity contribution in [3.63, 3.8) is 0 Å². The SMILES string of the molecule is COC(CNC(=O)NCc1cccc2ccccc12)c1ccco1. The topological polar surface area (TPSA) is 63.5 Å². The highest BCUT2D eigenvalue weighted by atomic mass is 16.5. The normalized spacial score (nSPS) is 12.0. The molecular weight excluding hydrogens is 304 g/mol. The number of amides is 2. The second-order valence-electron chi connectivity index (χ2n) is 5.44. The maximum atomic E-state index is 12.0. The summed E-state index contributed by atoms with van der Waals surface area (Å²) in [6.45, 7) is 0.803. The number of benzene rings is 2. The molecule has 2 N–H and O–H groups in total. The van der Waals surface area contributed by atoms with Crippen molar-refractivity contribution in [2.45, 2.75) is 12.6 Å². The number of nitrogens with one attached hydrogen (secondary N) is 2. The molecule has 1 aromatic heterocycles. The number of carbonyl (C=O) groups excluding carboxylic acids is 1. The van der Waals surface area contributed by atoms with Gasteiger partial charge in [-0.05, 0) is 28.5 Å². The van der Waals surface area contributed by atoms with Crippen molar-refractivity contribution < 1.29 is 13.9 Å². The first kappa shape index (κ1) is 16.1. The lowest BCUT2D eigenvalue weighted by molar-refractivity contribution is 0.0850. The molecular formula is C19H20N2O3. The zero-order valence-electron chi connectivity index (χ0n) is 13.5. The molecule has 0 radical (unpaired) electrons. The third-order valence-corrected chi connectivity index (χ3v) is 3.91. The third kappa shape index (κ3) is 3.75. The molecule has 1 heterocycles. The van der Waals surface area contributed by atoms with Gasteiger partial charge in [0.15, 0.2) is 0 Å². The molecule has 0 bridgehead atoms. The van der Waals surface area contributed by atoms with E-state index in [1.165, 1.54) is 0 Å². The maximum absolute atomic E-state index is 12.0. The van der Waals surface area contributed by atoms with Crippen LogP contribution in [0.4, 0.5) is 4.79 Å². The standard InChI is InChI=1S/C19H20N2O3/c1-23-18(17-10-5-11-24-17)13-21-19(22)20-12-15-8-4-7-14-6-2-3-9-16(14)15/h2-11,18H,12-13H2,1H3,(H2,20,21,22). The van der Waals surface area contributed by atoms with Gasteiger partial charge in [-0.3, -0.25) is 0 Å². The number of carbonyl (C=O) groups is 1. The van der Waals surface area contributed by atoms with Gasteiger partial charge in [0.25, 0.3) is 0 Å². The summed E-state index contributed by atoms with van der Waals surface area (Å²) in [7, 11) is 1.59. The lowest BCUT2D eigenvalue weighted by atomic mass is 10.0. The predicted molar refractivity (Wildman–Crippen MR) is 92.6 cm³/mol. The lowest BCUT2D eigenvalue weighted by Crippen LogP contribution is -2.37. The summed E-state index contributed by atoms with van der Waals surface area (Å²) in [4.78, 5) is 12.0. The zero-order valence-corrected chi connectivity index (χ0v) is 13.5. The van der Waals surface area contributed by atoms with E-state index in [1.807, 2.05) is 30.3 Å². The van der Waals surface area contributed by atoms with Gasteiger partial charge in [0, 0.05) is 13.7 Å². The van der Waals surface area contributed by atoms with Gasteiger partial charge in [-0.25, -0.2) is 4.79 Å². The van der Waals surface area contributed by atoms with Crippen LogP contribution in [0.2, 0.25) is 0 Å². The molecule has 3 aromatic rings. The van der Waals surface area contributed by atoms with E-state index in [1.54, 1.807) is 19.4 Å². The van der Waals surface area contributed by atoms with E-state index >= 15 is 0 Å². The number of urea groups is 1. The van der Waals surface area contributed by atoms with E-state index in [0.717, 1.165) is 16.3 Å². The van der Waals surface area contributed by atoms with E-state index in [0.29, 0.717) is 18.8 Å². The van der Waals surface area contributed by atoms with Crippen molar-refractivity contribution in [3.8, 4) is 0 Å². The molecule has 0 aliphatic rings. The Balaban J connectivity index is 1.55. The molecule has 3 rings (SSSR count). The minimum Gasteiger partial charge on any atom is -0.467 e. The molecule has 1 atom stereocenters. The Labute approximate surface area is 140 Å². The molecule has 2 amide bonds. The molecule has 5 nitrogen and oxygen atoms in total. The minimum absolute atomic E-state index is 0.239. The largest absolute Gasteiger partial charge is 0.467 e. The molecule has 124 valence electrons. The summed E-state index contributed by atoms with van der Waals surface area (Å²) >= 11 is 0. The quantitative estimate of drug-likeness (QED) is 0.728. The molecule has 0 saturated carbocycles. The Morgan fingerprint density at radius 1 is 1.08 bits per heavy atom. The number of rotatable bonds is 6. The zero-order chi connectivity index (χ0) is 16.8. The summed E-state index contributed by atoms with van der Waals surface area (Å²) in [6, 6.07) is 17.6. The van der Waals surface area contributed by atoms with Crippen LogP contribution < -0.4 is 10.6 Å². The summed E-state index contributed by atoms with van der Waals surface area (Å²) < 4.78 is 10.6. The van der Waals surface area contributed by atoms with Crippen molar-refractivity contribution in [1.29, 1.82) is 0 Å². The van der Waals surface area contributed by atoms with Gasteiger partial charge in [0.2, 0.25) is 0 Å². The van der Waals surface area contributed by atoms with Gasteiger partial charge in [0.1, 0.15) is 11.9 Å². The Hall–Kier alpha value is -2.79. The van der Waals surface area contributed by atoms with E-state index in [2.05, 4.69) is 28.8 Å². The van der Waals surface area contributed by atoms with Gasteiger partial charge in [-0.1, -0.05) is 42.5 Å². The van der Waals surface area contributed by atoms with E-state index in [9.17, 15) is 4.79 Å². The molecule has 0 spiro atoms. The fraction of sp³-hybridized carbons (Fsp3) is 0.211. The number of hydrogen-bond acceptors (Lipinski definition) is 3. The molecule has 24 heavy (non-hydrogen) atoms. The number of fused-ring (bicyclic) bond motifs is 1. The van der Waals surface area contributed by atoms with Gasteiger partial charge < -0.3 is 19.8 Å². The maximum Gasteiger partial charge on any atom is 0.315 e. The van der Waals surface area contributed by atoms with Crippen LogP contribution in [-0.2, 0) is 11.3 Å². The smallest absolute Gasteiger partial charge is 0.315 e. The second-order valence-corrected chi connectivity index (χ2v) is 5.44. The highest BCUT2D eigenvalue weighted by molar-refractivity contribution is 5.86. The molecule has 1 unspecified atom stereocenters. The molecule has 0 fully saturated rings. The average Bonchev–Trinajstić information content (AvgIpc) is 3.15. The number of methoxy groups -OCH3 is 1. The molecule has 0 aliphatic heterocycles. The van der Waals surface area contributed by atoms with Crippen molar-refractivity contribution in [2.24, 2.45) is 0 Å². The fourth-order valence-electron chi connectivity index (χ4n) is 2.64. The van der Waals surface area contributed by atoms with Crippen molar-refractivity contribution in [3.05, 3.63) is 72.2 Å². The number of furan rings is 1. The molecule has 0 aliphatic carbocycles. The van der Waals surface area contributed by atoms with Crippen LogP contribution in [0.15, 0.2) is 65.3 Å². The highest BCUT2D eigenvalue weighted by Gasteiger charge is 2.14. The second kappa shape index (κ2) is 7.66. The predicted octanol–water partition coefficient (Wildman–Crippen LogP) is 3.62. The first-order valence-electron chi connectivity index (χ1n) is 7.82. The highest BCUT2D eigenvalue weighted by Crippen LogP contribution is 2.18. The monoisotopic (exact) mass is 324 g/mol. The van der Waals surface area contributed by atoms with Crippen LogP contribution in [0.1, 0.15) is 17.4 Å². The molecule has 2 aromatic carbocycles. The van der Waals surface area contributed by atoms with Crippen LogP contribution in [0.3, 0.4) is 0 Å². The Kier molecular flexibility index (Phi) is 5.13. The van der Waals surface area contributed by atoms with Crippen molar-refractivity contribution in [2.75, 3.05) is 13.7 Å². The Morgan fingerprint density at radius 2 is 1.92 bits per heavy atom. The van der Waals surface area contributed by atoms with E-state index < -0.39 is 0 Å². The van der Waals surface area contributed by atoms with Gasteiger partial charge >= 0.3 is 6.03 Å². The van der Waals surface area contributed by atoms with E-state index in [-0.39, 0.29) is 12.1 Å². The van der Waals surface area contributed by atoms with Crippen molar-refractivity contribution in [1.82, 2.24) is 10.6 Å². The fourth-order valence-corrected chi connectivity index (χ4v) is 2.64. The summed E-state index contributed by atoms with van der Waals surface area (Å²) in [5.74, 6) is 0.687. The minimum atomic E-state index is -0.302. The van der Waals surface area contributed by atoms with Crippen molar-refractivity contribution >= 4 is 16.8 Å². The summed E-state index contributed by atoms with van der Waals surface area (Å²) in [6.07, 6.45) is 1.28. The lowest BCUT2D eigenvalue weighted by Gasteiger charge is -2.14. The third-order valence-electron chi connectivity index (χ3n) is 3.91. The first-order valence-corrected chi connectivity index (χ1v) is 7.82. The Morgan fingerprint density at radius 3 is 2.71 bits per heavy atom. The van der Waals surface area contributed by atoms with Gasteiger partial charge in [-0.15, -0.1) is 0 Å².